The second kappa shape index (κ2) is 8.74. The Kier molecular flexibility index (Phi) is 6.52. The van der Waals surface area contributed by atoms with E-state index in [4.69, 9.17) is 0 Å². The Labute approximate surface area is 172 Å². The Hall–Kier alpha value is -2.07. The molecule has 0 aliphatic carbocycles. The summed E-state index contributed by atoms with van der Waals surface area (Å²) in [5, 5.41) is 5.08. The Bertz CT molecular complexity index is 1110. The van der Waals surface area contributed by atoms with Crippen molar-refractivity contribution in [2.24, 2.45) is 0 Å². The van der Waals surface area contributed by atoms with Gasteiger partial charge in [0.15, 0.2) is 0 Å². The van der Waals surface area contributed by atoms with Gasteiger partial charge in [-0.15, -0.1) is 5.10 Å². The summed E-state index contributed by atoms with van der Waals surface area (Å²) in [5.74, 6) is -2.40. The molecule has 2 aromatic heterocycles. The molecule has 156 valence electrons. The van der Waals surface area contributed by atoms with Crippen molar-refractivity contribution in [3.8, 4) is 0 Å². The molecule has 0 radical (unpaired) electrons. The van der Waals surface area contributed by atoms with Crippen molar-refractivity contribution in [1.29, 1.82) is 0 Å². The Morgan fingerprint density at radius 3 is 2.45 bits per heavy atom. The van der Waals surface area contributed by atoms with E-state index in [1.54, 1.807) is 4.52 Å². The molecule has 0 N–H and O–H groups in total. The molecule has 0 aliphatic heterocycles. The van der Waals surface area contributed by atoms with E-state index in [1.165, 1.54) is 41.6 Å². The van der Waals surface area contributed by atoms with Crippen molar-refractivity contribution in [1.82, 2.24) is 19.6 Å². The molecular weight excluding hydrogens is 418 g/mol. The minimum atomic E-state index is -4.57. The maximum atomic E-state index is 12.6. The van der Waals surface area contributed by atoms with Crippen molar-refractivity contribution in [3.63, 3.8) is 0 Å². The first kappa shape index (κ1) is 21.6. The highest BCUT2D eigenvalue weighted by atomic mass is 32.2. The number of nitrogens with zero attached hydrogens (tertiary/aromatic N) is 4. The monoisotopic (exact) mass is 440 g/mol. The van der Waals surface area contributed by atoms with E-state index >= 15 is 0 Å². The van der Waals surface area contributed by atoms with Crippen LogP contribution in [0.1, 0.15) is 42.3 Å². The first-order valence-electron chi connectivity index (χ1n) is 9.20. The van der Waals surface area contributed by atoms with E-state index in [9.17, 15) is 17.2 Å². The van der Waals surface area contributed by atoms with Crippen LogP contribution in [-0.2, 0) is 22.0 Å². The topological polar surface area (TPSA) is 77.2 Å². The molecule has 29 heavy (non-hydrogen) atoms. The molecule has 3 rings (SSSR count). The molecule has 0 atom stereocenters. The van der Waals surface area contributed by atoms with Crippen molar-refractivity contribution in [3.05, 3.63) is 46.8 Å². The van der Waals surface area contributed by atoms with Gasteiger partial charge in [-0.05, 0) is 49.9 Å². The van der Waals surface area contributed by atoms with Gasteiger partial charge in [0.05, 0.1) is 4.90 Å². The van der Waals surface area contributed by atoms with Crippen molar-refractivity contribution < 1.29 is 17.2 Å². The van der Waals surface area contributed by atoms with Crippen LogP contribution in [0.5, 0.6) is 0 Å². The van der Waals surface area contributed by atoms with Gasteiger partial charge in [-0.2, -0.15) is 13.8 Å². The predicted octanol–water partition coefficient (Wildman–Crippen LogP) is 4.37. The van der Waals surface area contributed by atoms with Crippen molar-refractivity contribution in [2.75, 3.05) is 0 Å². The number of unbranched alkanes of at least 4 members (excludes halogenated alkanes) is 1. The molecule has 0 bridgehead atoms. The minimum Gasteiger partial charge on any atom is -0.218 e. The van der Waals surface area contributed by atoms with Gasteiger partial charge < -0.3 is 0 Å². The first-order chi connectivity index (χ1) is 13.7. The summed E-state index contributed by atoms with van der Waals surface area (Å²) in [6.45, 7) is 6.14. The number of sulfone groups is 1. The zero-order chi connectivity index (χ0) is 21.2. The van der Waals surface area contributed by atoms with Gasteiger partial charge in [-0.25, -0.2) is 17.9 Å². The van der Waals surface area contributed by atoms with Crippen LogP contribution in [0, 0.1) is 13.8 Å². The molecular formula is C19H22F2N4O2S2. The maximum absolute atomic E-state index is 12.6. The fourth-order valence-electron chi connectivity index (χ4n) is 2.99. The Balaban J connectivity index is 1.76. The van der Waals surface area contributed by atoms with Crippen LogP contribution in [0.15, 0.2) is 34.3 Å². The third-order valence-electron chi connectivity index (χ3n) is 4.66. The number of hydrogen-bond donors (Lipinski definition) is 0. The van der Waals surface area contributed by atoms with Crippen LogP contribution in [-0.4, -0.2) is 33.8 Å². The first-order valence-corrected chi connectivity index (χ1v) is 11.7. The van der Waals surface area contributed by atoms with Gasteiger partial charge in [0.2, 0.25) is 15.0 Å². The molecule has 10 heteroatoms. The van der Waals surface area contributed by atoms with Crippen LogP contribution in [0.2, 0.25) is 0 Å². The molecule has 0 unspecified atom stereocenters. The van der Waals surface area contributed by atoms with Gasteiger partial charge in [0.25, 0.3) is 5.78 Å². The van der Waals surface area contributed by atoms with Crippen LogP contribution in [0.3, 0.4) is 0 Å². The van der Waals surface area contributed by atoms with Crippen LogP contribution in [0.4, 0.5) is 8.78 Å². The van der Waals surface area contributed by atoms with Crippen molar-refractivity contribution >= 4 is 27.4 Å². The second-order valence-electron chi connectivity index (χ2n) is 6.71. The predicted molar refractivity (Wildman–Crippen MR) is 108 cm³/mol. The molecule has 0 fully saturated rings. The molecule has 1 aromatic carbocycles. The third kappa shape index (κ3) is 4.58. The molecule has 0 saturated heterocycles. The molecule has 2 heterocycles. The number of thioether (sulfide) groups is 1. The van der Waals surface area contributed by atoms with Crippen LogP contribution >= 0.6 is 11.8 Å². The SMILES string of the molecule is CCCCc1c(C)nc2nc(SCc3ccc(S(=O)(=O)C(F)F)cc3)nn2c1C. The summed E-state index contributed by atoms with van der Waals surface area (Å²) >= 11 is 1.38. The van der Waals surface area contributed by atoms with E-state index in [2.05, 4.69) is 22.0 Å². The number of hydrogen-bond acceptors (Lipinski definition) is 6. The number of aryl methyl sites for hydroxylation is 2. The van der Waals surface area contributed by atoms with Gasteiger partial charge in [0, 0.05) is 17.1 Å². The fraction of sp³-hybridized carbons (Fsp3) is 0.421. The number of halogens is 2. The lowest BCUT2D eigenvalue weighted by Gasteiger charge is -2.09. The van der Waals surface area contributed by atoms with Crippen molar-refractivity contribution in [2.45, 2.75) is 61.6 Å². The number of fused-ring (bicyclic) bond motifs is 1. The number of aromatic nitrogens is 4. The lowest BCUT2D eigenvalue weighted by molar-refractivity contribution is 0.234. The van der Waals surface area contributed by atoms with Crippen LogP contribution in [0.25, 0.3) is 5.78 Å². The quantitative estimate of drug-likeness (QED) is 0.484. The lowest BCUT2D eigenvalue weighted by atomic mass is 10.1. The maximum Gasteiger partial charge on any atom is 0.341 e. The number of benzene rings is 1. The Morgan fingerprint density at radius 1 is 1.14 bits per heavy atom. The largest absolute Gasteiger partial charge is 0.341 e. The third-order valence-corrected chi connectivity index (χ3v) is 6.97. The summed E-state index contributed by atoms with van der Waals surface area (Å²) in [6.07, 6.45) is 3.14. The van der Waals surface area contributed by atoms with E-state index in [0.29, 0.717) is 16.7 Å². The molecule has 3 aromatic rings. The van der Waals surface area contributed by atoms with E-state index in [-0.39, 0.29) is 4.90 Å². The summed E-state index contributed by atoms with van der Waals surface area (Å²) < 4.78 is 49.9. The van der Waals surface area contributed by atoms with E-state index in [1.807, 2.05) is 13.8 Å². The molecule has 0 saturated carbocycles. The average molecular weight is 441 g/mol. The number of rotatable bonds is 8. The zero-order valence-electron chi connectivity index (χ0n) is 16.4. The van der Waals surface area contributed by atoms with Gasteiger partial charge >= 0.3 is 5.76 Å². The summed E-state index contributed by atoms with van der Waals surface area (Å²) in [6, 6.07) is 5.44. The summed E-state index contributed by atoms with van der Waals surface area (Å²) in [5.41, 5.74) is 3.97. The van der Waals surface area contributed by atoms with Gasteiger partial charge in [0.1, 0.15) is 0 Å². The molecule has 0 amide bonds. The fourth-order valence-corrected chi connectivity index (χ4v) is 4.49. The number of alkyl halides is 2. The molecule has 0 aliphatic rings. The standard InChI is InChI=1S/C19H22F2N4O2S2/c1-4-5-6-16-12(2)22-18-23-19(24-25(18)13(16)3)28-11-14-7-9-15(10-8-14)29(26,27)17(20)21/h7-10,17H,4-6,11H2,1-3H3. The molecule has 6 nitrogen and oxygen atoms in total. The second-order valence-corrected chi connectivity index (χ2v) is 9.57. The summed E-state index contributed by atoms with van der Waals surface area (Å²) in [7, 11) is -4.57. The summed E-state index contributed by atoms with van der Waals surface area (Å²) in [4.78, 5) is 8.63. The minimum absolute atomic E-state index is 0.387. The lowest BCUT2D eigenvalue weighted by Crippen LogP contribution is -2.11. The molecule has 0 spiro atoms. The smallest absolute Gasteiger partial charge is 0.218 e. The highest BCUT2D eigenvalue weighted by Crippen LogP contribution is 2.24. The van der Waals surface area contributed by atoms with Gasteiger partial charge in [-0.1, -0.05) is 37.2 Å². The average Bonchev–Trinajstić information content (AvgIpc) is 3.09. The van der Waals surface area contributed by atoms with Crippen LogP contribution < -0.4 is 0 Å². The van der Waals surface area contributed by atoms with E-state index < -0.39 is 15.6 Å². The highest BCUT2D eigenvalue weighted by Gasteiger charge is 2.26. The van der Waals surface area contributed by atoms with E-state index in [0.717, 1.165) is 36.2 Å². The Morgan fingerprint density at radius 2 is 1.83 bits per heavy atom. The van der Waals surface area contributed by atoms with Gasteiger partial charge in [-0.3, -0.25) is 0 Å². The highest BCUT2D eigenvalue weighted by molar-refractivity contribution is 7.98. The normalized spacial score (nSPS) is 12.2. The zero-order valence-corrected chi connectivity index (χ0v) is 18.0.